The van der Waals surface area contributed by atoms with E-state index in [0.717, 1.165) is 17.5 Å². The lowest BCUT2D eigenvalue weighted by Gasteiger charge is -2.26. The zero-order chi connectivity index (χ0) is 18.8. The number of H-pyrrole nitrogens is 1. The van der Waals surface area contributed by atoms with Crippen LogP contribution in [0.3, 0.4) is 0 Å². The number of nitrogens with zero attached hydrogens (tertiary/aromatic N) is 2. The summed E-state index contributed by atoms with van der Waals surface area (Å²) in [6, 6.07) is 16.7. The summed E-state index contributed by atoms with van der Waals surface area (Å²) in [5.74, 6) is 0.0630. The fourth-order valence-corrected chi connectivity index (χ4v) is 3.67. The molecule has 0 radical (unpaired) electrons. The molecule has 2 N–H and O–H groups in total. The van der Waals surface area contributed by atoms with Crippen molar-refractivity contribution in [3.8, 4) is 17.0 Å². The number of hydrogen-bond donors (Lipinski definition) is 2. The first-order valence-corrected chi connectivity index (χ1v) is 8.94. The van der Waals surface area contributed by atoms with Crippen LogP contribution in [0.15, 0.2) is 54.6 Å². The Morgan fingerprint density at radius 2 is 1.89 bits per heavy atom. The zero-order valence-corrected chi connectivity index (χ0v) is 15.1. The molecule has 138 valence electrons. The molecule has 4 rings (SSSR count). The van der Waals surface area contributed by atoms with Crippen LogP contribution in [0.5, 0.6) is 5.75 Å². The van der Waals surface area contributed by atoms with E-state index in [1.54, 1.807) is 19.2 Å². The molecule has 6 nitrogen and oxygen atoms in total. The highest BCUT2D eigenvalue weighted by Crippen LogP contribution is 2.44. The lowest BCUT2D eigenvalue weighted by atomic mass is 9.96. The number of benzene rings is 2. The summed E-state index contributed by atoms with van der Waals surface area (Å²) in [7, 11) is 1.66. The third kappa shape index (κ3) is 2.98. The second-order valence-corrected chi connectivity index (χ2v) is 6.54. The van der Waals surface area contributed by atoms with Crippen LogP contribution < -0.4 is 0 Å². The van der Waals surface area contributed by atoms with Crippen molar-refractivity contribution in [2.75, 3.05) is 20.3 Å². The van der Waals surface area contributed by atoms with Gasteiger partial charge in [-0.1, -0.05) is 42.5 Å². The van der Waals surface area contributed by atoms with Gasteiger partial charge in [-0.05, 0) is 24.1 Å². The average molecular weight is 363 g/mol. The van der Waals surface area contributed by atoms with Gasteiger partial charge in [-0.25, -0.2) is 0 Å². The summed E-state index contributed by atoms with van der Waals surface area (Å²) in [6.45, 7) is 1.17. The Kier molecular flexibility index (Phi) is 4.64. The number of fused-ring (bicyclic) bond motifs is 1. The number of phenols is 1. The number of methoxy groups -OCH3 is 1. The largest absolute Gasteiger partial charge is 0.507 e. The monoisotopic (exact) mass is 363 g/mol. The van der Waals surface area contributed by atoms with Gasteiger partial charge in [-0.3, -0.25) is 9.89 Å². The van der Waals surface area contributed by atoms with Crippen molar-refractivity contribution in [3.05, 3.63) is 71.4 Å². The molecule has 2 heterocycles. The molecule has 0 spiro atoms. The van der Waals surface area contributed by atoms with Crippen LogP contribution in [0, 0.1) is 0 Å². The molecule has 0 fully saturated rings. The molecule has 0 saturated heterocycles. The molecule has 1 atom stereocenters. The van der Waals surface area contributed by atoms with Gasteiger partial charge in [0.25, 0.3) is 5.91 Å². The number of aromatic hydroxyl groups is 1. The molecule has 1 aliphatic rings. The Labute approximate surface area is 157 Å². The summed E-state index contributed by atoms with van der Waals surface area (Å²) < 4.78 is 5.15. The van der Waals surface area contributed by atoms with E-state index in [0.29, 0.717) is 30.1 Å². The number of phenolic OH excluding ortho intramolecular Hbond substituents is 1. The predicted molar refractivity (Wildman–Crippen MR) is 102 cm³/mol. The standard InChI is InChI=1S/C21H21N3O3/c1-27-13-7-12-24-20(14-8-3-2-4-9-14)17-18(22-23-19(17)21(24)26)15-10-5-6-11-16(15)25/h2-6,8-11,20,25H,7,12-13H2,1H3,(H,22,23)/t20-/m1/s1. The van der Waals surface area contributed by atoms with Crippen molar-refractivity contribution >= 4 is 5.91 Å². The summed E-state index contributed by atoms with van der Waals surface area (Å²) in [5.41, 5.74) is 3.53. The number of aromatic nitrogens is 2. The number of amides is 1. The summed E-state index contributed by atoms with van der Waals surface area (Å²) in [4.78, 5) is 14.9. The average Bonchev–Trinajstić information content (AvgIpc) is 3.23. The van der Waals surface area contributed by atoms with Crippen molar-refractivity contribution in [1.29, 1.82) is 0 Å². The number of ether oxygens (including phenoxy) is 1. The number of hydrogen-bond acceptors (Lipinski definition) is 4. The molecular weight excluding hydrogens is 342 g/mol. The van der Waals surface area contributed by atoms with E-state index in [1.807, 2.05) is 47.4 Å². The van der Waals surface area contributed by atoms with Gasteiger partial charge < -0.3 is 14.7 Å². The van der Waals surface area contributed by atoms with Gasteiger partial charge >= 0.3 is 0 Å². The van der Waals surface area contributed by atoms with Crippen LogP contribution in [0.25, 0.3) is 11.3 Å². The molecule has 6 heteroatoms. The molecule has 2 aromatic carbocycles. The SMILES string of the molecule is COCCCN1C(=O)c2[nH]nc(-c3ccccc3O)c2[C@H]1c1ccccc1. The Morgan fingerprint density at radius 3 is 2.63 bits per heavy atom. The third-order valence-electron chi connectivity index (χ3n) is 4.89. The highest BCUT2D eigenvalue weighted by atomic mass is 16.5. The van der Waals surface area contributed by atoms with E-state index >= 15 is 0 Å². The van der Waals surface area contributed by atoms with Crippen molar-refractivity contribution < 1.29 is 14.6 Å². The number of rotatable bonds is 6. The smallest absolute Gasteiger partial charge is 0.273 e. The first-order chi connectivity index (χ1) is 13.2. The summed E-state index contributed by atoms with van der Waals surface area (Å²) in [6.07, 6.45) is 0.745. The molecule has 0 saturated carbocycles. The molecule has 0 unspecified atom stereocenters. The van der Waals surface area contributed by atoms with E-state index in [-0.39, 0.29) is 17.7 Å². The summed E-state index contributed by atoms with van der Waals surface area (Å²) in [5, 5.41) is 17.6. The van der Waals surface area contributed by atoms with Crippen LogP contribution in [0.2, 0.25) is 0 Å². The van der Waals surface area contributed by atoms with Gasteiger partial charge in [0.1, 0.15) is 17.1 Å². The lowest BCUT2D eigenvalue weighted by Crippen LogP contribution is -2.31. The molecule has 0 bridgehead atoms. The van der Waals surface area contributed by atoms with Gasteiger partial charge in [0.2, 0.25) is 0 Å². The highest BCUT2D eigenvalue weighted by molar-refractivity contribution is 6.00. The Balaban J connectivity index is 1.83. The van der Waals surface area contributed by atoms with Crippen LogP contribution in [-0.4, -0.2) is 46.4 Å². The number of carbonyl (C=O) groups is 1. The van der Waals surface area contributed by atoms with E-state index in [2.05, 4.69) is 10.2 Å². The Morgan fingerprint density at radius 1 is 1.15 bits per heavy atom. The minimum atomic E-state index is -0.251. The molecule has 1 aromatic heterocycles. The first-order valence-electron chi connectivity index (χ1n) is 8.94. The first kappa shape index (κ1) is 17.3. The van der Waals surface area contributed by atoms with Crippen LogP contribution in [0.1, 0.15) is 34.1 Å². The molecule has 27 heavy (non-hydrogen) atoms. The number of carbonyl (C=O) groups excluding carboxylic acids is 1. The number of aromatic amines is 1. The topological polar surface area (TPSA) is 78.5 Å². The van der Waals surface area contributed by atoms with E-state index < -0.39 is 0 Å². The second kappa shape index (κ2) is 7.25. The maximum Gasteiger partial charge on any atom is 0.273 e. The van der Waals surface area contributed by atoms with Crippen LogP contribution in [0.4, 0.5) is 0 Å². The van der Waals surface area contributed by atoms with E-state index in [1.165, 1.54) is 0 Å². The maximum atomic E-state index is 13.1. The van der Waals surface area contributed by atoms with Crippen LogP contribution in [-0.2, 0) is 4.74 Å². The predicted octanol–water partition coefficient (Wildman–Crippen LogP) is 3.36. The van der Waals surface area contributed by atoms with Crippen molar-refractivity contribution in [3.63, 3.8) is 0 Å². The fourth-order valence-electron chi connectivity index (χ4n) is 3.67. The Bertz CT molecular complexity index is 952. The molecule has 1 aliphatic heterocycles. The molecule has 0 aliphatic carbocycles. The highest BCUT2D eigenvalue weighted by Gasteiger charge is 2.42. The van der Waals surface area contributed by atoms with E-state index in [4.69, 9.17) is 4.74 Å². The quantitative estimate of drug-likeness (QED) is 0.658. The van der Waals surface area contributed by atoms with Gasteiger partial charge in [-0.2, -0.15) is 5.10 Å². The third-order valence-corrected chi connectivity index (χ3v) is 4.89. The van der Waals surface area contributed by atoms with E-state index in [9.17, 15) is 9.90 Å². The van der Waals surface area contributed by atoms with Gasteiger partial charge in [0, 0.05) is 31.4 Å². The van der Waals surface area contributed by atoms with Crippen LogP contribution >= 0.6 is 0 Å². The minimum absolute atomic E-state index is 0.0795. The number of nitrogens with one attached hydrogen (secondary N) is 1. The Hall–Kier alpha value is -3.12. The normalized spacial score (nSPS) is 16.0. The zero-order valence-electron chi connectivity index (χ0n) is 15.1. The molecular formula is C21H21N3O3. The number of para-hydroxylation sites is 1. The molecule has 1 amide bonds. The van der Waals surface area contributed by atoms with Gasteiger partial charge in [-0.15, -0.1) is 0 Å². The second-order valence-electron chi connectivity index (χ2n) is 6.54. The van der Waals surface area contributed by atoms with Gasteiger partial charge in [0.05, 0.1) is 6.04 Å². The van der Waals surface area contributed by atoms with Gasteiger partial charge in [0.15, 0.2) is 0 Å². The van der Waals surface area contributed by atoms with Crippen molar-refractivity contribution in [2.45, 2.75) is 12.5 Å². The summed E-state index contributed by atoms with van der Waals surface area (Å²) >= 11 is 0. The minimum Gasteiger partial charge on any atom is -0.507 e. The van der Waals surface area contributed by atoms with Crippen molar-refractivity contribution in [2.24, 2.45) is 0 Å². The van der Waals surface area contributed by atoms with Crippen molar-refractivity contribution in [1.82, 2.24) is 15.1 Å². The molecule has 3 aromatic rings. The fraction of sp³-hybridized carbons (Fsp3) is 0.238. The maximum absolute atomic E-state index is 13.1. The lowest BCUT2D eigenvalue weighted by molar-refractivity contribution is 0.0723.